The monoisotopic (exact) mass is 221 g/mol. The van der Waals surface area contributed by atoms with Crippen molar-refractivity contribution >= 4 is 5.91 Å². The second-order valence-corrected chi connectivity index (χ2v) is 3.07. The smallest absolute Gasteiger partial charge is 0.251 e. The van der Waals surface area contributed by atoms with Crippen molar-refractivity contribution in [2.75, 3.05) is 20.8 Å². The number of ether oxygens (including phenoxy) is 2. The largest absolute Gasteiger partial charge is 0.493 e. The molecule has 0 atom stereocenters. The molecule has 1 aromatic rings. The first-order valence-corrected chi connectivity index (χ1v) is 4.84. The number of carbonyl (C=O) groups excluding carboxylic acids is 1. The Balaban J connectivity index is 2.89. The predicted octanol–water partition coefficient (Wildman–Crippen LogP) is 1.62. The van der Waals surface area contributed by atoms with E-state index < -0.39 is 0 Å². The van der Waals surface area contributed by atoms with E-state index in [-0.39, 0.29) is 5.91 Å². The van der Waals surface area contributed by atoms with Gasteiger partial charge >= 0.3 is 0 Å². The number of nitrogens with one attached hydrogen (secondary N) is 1. The van der Waals surface area contributed by atoms with Crippen LogP contribution >= 0.6 is 0 Å². The van der Waals surface area contributed by atoms with Crippen molar-refractivity contribution in [3.8, 4) is 11.5 Å². The molecule has 0 unspecified atom stereocenters. The predicted molar refractivity (Wildman–Crippen MR) is 62.1 cm³/mol. The number of benzene rings is 1. The van der Waals surface area contributed by atoms with Crippen molar-refractivity contribution in [3.05, 3.63) is 36.4 Å². The molecule has 0 saturated carbocycles. The van der Waals surface area contributed by atoms with E-state index in [1.54, 1.807) is 31.4 Å². The molecular weight excluding hydrogens is 206 g/mol. The minimum atomic E-state index is -0.166. The second kappa shape index (κ2) is 5.80. The molecule has 1 N–H and O–H groups in total. The topological polar surface area (TPSA) is 47.6 Å². The molecular formula is C12H15NO3. The van der Waals surface area contributed by atoms with E-state index in [1.807, 2.05) is 0 Å². The van der Waals surface area contributed by atoms with Gasteiger partial charge in [0.15, 0.2) is 11.5 Å². The summed E-state index contributed by atoms with van der Waals surface area (Å²) in [5.74, 6) is 0.970. The Labute approximate surface area is 94.9 Å². The van der Waals surface area contributed by atoms with E-state index >= 15 is 0 Å². The van der Waals surface area contributed by atoms with Gasteiger partial charge in [-0.25, -0.2) is 0 Å². The molecule has 86 valence electrons. The summed E-state index contributed by atoms with van der Waals surface area (Å²) in [6.45, 7) is 3.97. The second-order valence-electron chi connectivity index (χ2n) is 3.07. The molecule has 4 heteroatoms. The molecule has 0 spiro atoms. The van der Waals surface area contributed by atoms with Crippen molar-refractivity contribution in [2.24, 2.45) is 0 Å². The molecule has 0 saturated heterocycles. The van der Waals surface area contributed by atoms with Gasteiger partial charge in [0, 0.05) is 12.1 Å². The highest BCUT2D eigenvalue weighted by molar-refractivity contribution is 5.94. The summed E-state index contributed by atoms with van der Waals surface area (Å²) >= 11 is 0. The first kappa shape index (κ1) is 12.1. The molecule has 0 aliphatic heterocycles. The number of methoxy groups -OCH3 is 2. The van der Waals surface area contributed by atoms with Crippen molar-refractivity contribution in [2.45, 2.75) is 0 Å². The highest BCUT2D eigenvalue weighted by Crippen LogP contribution is 2.27. The highest BCUT2D eigenvalue weighted by Gasteiger charge is 2.09. The molecule has 0 aliphatic rings. The van der Waals surface area contributed by atoms with Crippen LogP contribution in [-0.2, 0) is 0 Å². The van der Waals surface area contributed by atoms with E-state index in [9.17, 15) is 4.79 Å². The van der Waals surface area contributed by atoms with Gasteiger partial charge in [-0.2, -0.15) is 0 Å². The maximum atomic E-state index is 11.6. The SMILES string of the molecule is C=CCNC(=O)c1ccc(OC)c(OC)c1. The van der Waals surface area contributed by atoms with Crippen molar-refractivity contribution in [1.82, 2.24) is 5.32 Å². The molecule has 0 fully saturated rings. The van der Waals surface area contributed by atoms with Crippen LogP contribution in [0.15, 0.2) is 30.9 Å². The summed E-state index contributed by atoms with van der Waals surface area (Å²) < 4.78 is 10.2. The number of hydrogen-bond donors (Lipinski definition) is 1. The van der Waals surface area contributed by atoms with Crippen LogP contribution in [0.25, 0.3) is 0 Å². The summed E-state index contributed by atoms with van der Waals surface area (Å²) in [6, 6.07) is 5.01. The third-order valence-corrected chi connectivity index (χ3v) is 2.05. The lowest BCUT2D eigenvalue weighted by atomic mass is 10.2. The Bertz CT molecular complexity index is 388. The van der Waals surface area contributed by atoms with Gasteiger partial charge in [-0.3, -0.25) is 4.79 Å². The Morgan fingerprint density at radius 3 is 2.62 bits per heavy atom. The lowest BCUT2D eigenvalue weighted by Gasteiger charge is -2.09. The van der Waals surface area contributed by atoms with Gasteiger partial charge in [0.2, 0.25) is 0 Å². The van der Waals surface area contributed by atoms with Crippen molar-refractivity contribution in [1.29, 1.82) is 0 Å². The molecule has 4 nitrogen and oxygen atoms in total. The average Bonchev–Trinajstić information content (AvgIpc) is 2.34. The molecule has 0 aromatic heterocycles. The first-order chi connectivity index (χ1) is 7.72. The molecule has 1 aromatic carbocycles. The van der Waals surface area contributed by atoms with Crippen LogP contribution in [0.3, 0.4) is 0 Å². The van der Waals surface area contributed by atoms with E-state index in [0.717, 1.165) is 0 Å². The van der Waals surface area contributed by atoms with Gasteiger partial charge in [0.1, 0.15) is 0 Å². The lowest BCUT2D eigenvalue weighted by molar-refractivity contribution is 0.0957. The molecule has 0 aliphatic carbocycles. The summed E-state index contributed by atoms with van der Waals surface area (Å²) in [4.78, 5) is 11.6. The molecule has 1 amide bonds. The summed E-state index contributed by atoms with van der Waals surface area (Å²) in [7, 11) is 3.08. The van der Waals surface area contributed by atoms with Crippen LogP contribution in [0.1, 0.15) is 10.4 Å². The summed E-state index contributed by atoms with van der Waals surface area (Å²) in [5.41, 5.74) is 0.527. The van der Waals surface area contributed by atoms with Gasteiger partial charge in [0.05, 0.1) is 14.2 Å². The molecule has 0 bridgehead atoms. The minimum absolute atomic E-state index is 0.166. The maximum absolute atomic E-state index is 11.6. The Kier molecular flexibility index (Phi) is 4.39. The first-order valence-electron chi connectivity index (χ1n) is 4.84. The normalized spacial score (nSPS) is 9.38. The van der Waals surface area contributed by atoms with Crippen LogP contribution in [0.2, 0.25) is 0 Å². The maximum Gasteiger partial charge on any atom is 0.251 e. The fourth-order valence-electron chi connectivity index (χ4n) is 1.24. The molecule has 1 rings (SSSR count). The fourth-order valence-corrected chi connectivity index (χ4v) is 1.24. The number of hydrogen-bond acceptors (Lipinski definition) is 3. The van der Waals surface area contributed by atoms with Crippen LogP contribution < -0.4 is 14.8 Å². The third-order valence-electron chi connectivity index (χ3n) is 2.05. The van der Waals surface area contributed by atoms with Crippen molar-refractivity contribution < 1.29 is 14.3 Å². The Morgan fingerprint density at radius 1 is 1.38 bits per heavy atom. The fraction of sp³-hybridized carbons (Fsp3) is 0.250. The number of rotatable bonds is 5. The van der Waals surface area contributed by atoms with E-state index in [2.05, 4.69) is 11.9 Å². The van der Waals surface area contributed by atoms with Crippen LogP contribution in [0.5, 0.6) is 11.5 Å². The lowest BCUT2D eigenvalue weighted by Crippen LogP contribution is -2.23. The number of carbonyl (C=O) groups is 1. The highest BCUT2D eigenvalue weighted by atomic mass is 16.5. The zero-order chi connectivity index (χ0) is 12.0. The van der Waals surface area contributed by atoms with Gasteiger partial charge in [-0.1, -0.05) is 6.08 Å². The summed E-state index contributed by atoms with van der Waals surface area (Å²) in [6.07, 6.45) is 1.62. The average molecular weight is 221 g/mol. The van der Waals surface area contributed by atoms with E-state index in [1.165, 1.54) is 7.11 Å². The van der Waals surface area contributed by atoms with Gasteiger partial charge in [-0.15, -0.1) is 6.58 Å². The van der Waals surface area contributed by atoms with Crippen molar-refractivity contribution in [3.63, 3.8) is 0 Å². The van der Waals surface area contributed by atoms with Gasteiger partial charge < -0.3 is 14.8 Å². The van der Waals surface area contributed by atoms with Crippen LogP contribution in [0.4, 0.5) is 0 Å². The third kappa shape index (κ3) is 2.76. The van der Waals surface area contributed by atoms with Gasteiger partial charge in [0.25, 0.3) is 5.91 Å². The Morgan fingerprint density at radius 2 is 2.06 bits per heavy atom. The Hall–Kier alpha value is -1.97. The van der Waals surface area contributed by atoms with Crippen LogP contribution in [0, 0.1) is 0 Å². The van der Waals surface area contributed by atoms with E-state index in [0.29, 0.717) is 23.6 Å². The summed E-state index contributed by atoms with van der Waals surface area (Å²) in [5, 5.41) is 2.68. The minimum Gasteiger partial charge on any atom is -0.493 e. The van der Waals surface area contributed by atoms with E-state index in [4.69, 9.17) is 9.47 Å². The molecule has 0 radical (unpaired) electrons. The quantitative estimate of drug-likeness (QED) is 0.768. The zero-order valence-corrected chi connectivity index (χ0v) is 9.45. The van der Waals surface area contributed by atoms with Gasteiger partial charge in [-0.05, 0) is 18.2 Å². The molecule has 16 heavy (non-hydrogen) atoms. The number of amides is 1. The standard InChI is InChI=1S/C12H15NO3/c1-4-7-13-12(14)9-5-6-10(15-2)11(8-9)16-3/h4-6,8H,1,7H2,2-3H3,(H,13,14). The zero-order valence-electron chi connectivity index (χ0n) is 9.45. The van der Waals surface area contributed by atoms with Crippen LogP contribution in [-0.4, -0.2) is 26.7 Å². The molecule has 0 heterocycles.